The molecular weight excluding hydrogens is 556 g/mol. The lowest BCUT2D eigenvalue weighted by molar-refractivity contribution is -0.141. The molecule has 1 N–H and O–H groups in total. The molecule has 206 valence electrons. The number of hydrogen-bond acceptors (Lipinski definition) is 6. The first-order valence-electron chi connectivity index (χ1n) is 11.2. The molecule has 1 aliphatic heterocycles. The summed E-state index contributed by atoms with van der Waals surface area (Å²) in [7, 11) is -5.51. The minimum atomic E-state index is -5.51. The van der Waals surface area contributed by atoms with Crippen molar-refractivity contribution in [3.05, 3.63) is 71.4 Å². The molecule has 39 heavy (non-hydrogen) atoms. The van der Waals surface area contributed by atoms with Crippen molar-refractivity contribution >= 4 is 21.6 Å². The van der Waals surface area contributed by atoms with Crippen molar-refractivity contribution in [2.45, 2.75) is 31.3 Å². The van der Waals surface area contributed by atoms with Gasteiger partial charge >= 0.3 is 21.7 Å². The first-order valence-corrected chi connectivity index (χ1v) is 12.6. The Kier molecular flexibility index (Phi) is 6.37. The zero-order valence-corrected chi connectivity index (χ0v) is 20.3. The van der Waals surface area contributed by atoms with E-state index in [0.29, 0.717) is 15.4 Å². The molecule has 0 bridgehead atoms. The molecule has 0 saturated heterocycles. The fourth-order valence-electron chi connectivity index (χ4n) is 4.04. The Morgan fingerprint density at radius 2 is 1.69 bits per heavy atom. The number of nitrogens with one attached hydrogen (secondary N) is 1. The standard InChI is InChI=1S/C22H17F6N7O3S/c23-21(24,25)18-17(34-8-2-1-3-15(34)30-18)20(36)29-11-13-4-6-14(7-5-13)19-31-16-12-33(9-10-35(16)32-19)39(37,38)22(26,27)28/h1-8H,9-12H2,(H,29,36). The Morgan fingerprint density at radius 3 is 2.36 bits per heavy atom. The van der Waals surface area contributed by atoms with Crippen molar-refractivity contribution in [2.75, 3.05) is 6.54 Å². The maximum Gasteiger partial charge on any atom is 0.511 e. The third-order valence-corrected chi connectivity index (χ3v) is 7.51. The number of aromatic nitrogens is 5. The number of halogens is 6. The van der Waals surface area contributed by atoms with Crippen LogP contribution in [0.5, 0.6) is 0 Å². The highest BCUT2D eigenvalue weighted by molar-refractivity contribution is 7.89. The molecular formula is C22H17F6N7O3S. The number of nitrogens with zero attached hydrogens (tertiary/aromatic N) is 6. The average Bonchev–Trinajstić information content (AvgIpc) is 3.48. The number of sulfonamides is 1. The third-order valence-electron chi connectivity index (χ3n) is 5.94. The molecule has 1 aromatic carbocycles. The van der Waals surface area contributed by atoms with E-state index < -0.39 is 52.1 Å². The maximum absolute atomic E-state index is 13.5. The van der Waals surface area contributed by atoms with Gasteiger partial charge in [0.1, 0.15) is 17.2 Å². The fourth-order valence-corrected chi connectivity index (χ4v) is 4.94. The van der Waals surface area contributed by atoms with Gasteiger partial charge in [0.2, 0.25) is 0 Å². The Hall–Kier alpha value is -3.99. The Labute approximate surface area is 215 Å². The molecule has 0 aliphatic carbocycles. The van der Waals surface area contributed by atoms with Gasteiger partial charge in [0.25, 0.3) is 5.91 Å². The summed E-state index contributed by atoms with van der Waals surface area (Å²) < 4.78 is 105. The number of fused-ring (bicyclic) bond motifs is 2. The van der Waals surface area contributed by atoms with Crippen molar-refractivity contribution < 1.29 is 39.6 Å². The summed E-state index contributed by atoms with van der Waals surface area (Å²) in [5, 5.41) is 6.66. The zero-order chi connectivity index (χ0) is 28.2. The normalized spacial score (nSPS) is 14.9. The van der Waals surface area contributed by atoms with Crippen molar-refractivity contribution in [2.24, 2.45) is 0 Å². The van der Waals surface area contributed by atoms with Gasteiger partial charge in [-0.2, -0.15) is 35.7 Å². The van der Waals surface area contributed by atoms with Gasteiger partial charge in [-0.15, -0.1) is 0 Å². The van der Waals surface area contributed by atoms with E-state index in [0.717, 1.165) is 4.40 Å². The number of carbonyl (C=O) groups is 1. The summed E-state index contributed by atoms with van der Waals surface area (Å²) >= 11 is 0. The highest BCUT2D eigenvalue weighted by atomic mass is 32.2. The predicted octanol–water partition coefficient (Wildman–Crippen LogP) is 3.21. The Balaban J connectivity index is 1.29. The van der Waals surface area contributed by atoms with Gasteiger partial charge in [-0.25, -0.2) is 23.1 Å². The summed E-state index contributed by atoms with van der Waals surface area (Å²) in [6.45, 7) is -1.25. The Bertz CT molecular complexity index is 1660. The first-order chi connectivity index (χ1) is 18.3. The molecule has 0 spiro atoms. The average molecular weight is 573 g/mol. The van der Waals surface area contributed by atoms with Crippen molar-refractivity contribution in [1.82, 2.24) is 33.8 Å². The van der Waals surface area contributed by atoms with Crippen LogP contribution >= 0.6 is 0 Å². The smallest absolute Gasteiger partial charge is 0.347 e. The monoisotopic (exact) mass is 573 g/mol. The first kappa shape index (κ1) is 26.6. The van der Waals surface area contributed by atoms with E-state index in [2.05, 4.69) is 20.4 Å². The van der Waals surface area contributed by atoms with E-state index >= 15 is 0 Å². The molecule has 4 aromatic rings. The van der Waals surface area contributed by atoms with Crippen LogP contribution in [0.3, 0.4) is 0 Å². The van der Waals surface area contributed by atoms with E-state index in [-0.39, 0.29) is 30.4 Å². The van der Waals surface area contributed by atoms with Crippen LogP contribution in [0.4, 0.5) is 26.3 Å². The second-order valence-electron chi connectivity index (χ2n) is 8.47. The van der Waals surface area contributed by atoms with E-state index in [9.17, 15) is 39.6 Å². The van der Waals surface area contributed by atoms with Gasteiger partial charge < -0.3 is 5.32 Å². The molecule has 0 radical (unpaired) electrons. The van der Waals surface area contributed by atoms with Crippen LogP contribution < -0.4 is 5.32 Å². The van der Waals surface area contributed by atoms with Gasteiger partial charge in [-0.05, 0) is 17.7 Å². The van der Waals surface area contributed by atoms with Crippen molar-refractivity contribution in [1.29, 1.82) is 0 Å². The molecule has 1 aliphatic rings. The maximum atomic E-state index is 13.5. The largest absolute Gasteiger partial charge is 0.511 e. The predicted molar refractivity (Wildman–Crippen MR) is 122 cm³/mol. The SMILES string of the molecule is O=C(NCc1ccc(-c2nc3n(n2)CCN(S(=O)(=O)C(F)(F)F)C3)cc1)c1c(C(F)(F)F)nc2ccccn12. The summed E-state index contributed by atoms with van der Waals surface area (Å²) in [6.07, 6.45) is -3.54. The third kappa shape index (κ3) is 4.94. The number of rotatable bonds is 5. The number of amides is 1. The van der Waals surface area contributed by atoms with E-state index in [4.69, 9.17) is 0 Å². The molecule has 0 atom stereocenters. The van der Waals surface area contributed by atoms with Gasteiger partial charge in [0, 0.05) is 24.8 Å². The lowest BCUT2D eigenvalue weighted by Crippen LogP contribution is -2.44. The summed E-state index contributed by atoms with van der Waals surface area (Å²) in [6, 6.07) is 10.6. The van der Waals surface area contributed by atoms with Crippen LogP contribution in [0.25, 0.3) is 17.0 Å². The van der Waals surface area contributed by atoms with Gasteiger partial charge in [0.15, 0.2) is 11.5 Å². The van der Waals surface area contributed by atoms with Crippen LogP contribution in [0, 0.1) is 0 Å². The van der Waals surface area contributed by atoms with Gasteiger partial charge in [0.05, 0.1) is 13.1 Å². The van der Waals surface area contributed by atoms with Crippen LogP contribution in [-0.2, 0) is 35.8 Å². The van der Waals surface area contributed by atoms with Crippen LogP contribution in [0.15, 0.2) is 48.7 Å². The number of hydrogen-bond donors (Lipinski definition) is 1. The second-order valence-corrected chi connectivity index (χ2v) is 10.4. The minimum Gasteiger partial charge on any atom is -0.347 e. The van der Waals surface area contributed by atoms with Crippen molar-refractivity contribution in [3.8, 4) is 11.4 Å². The van der Waals surface area contributed by atoms with E-state index in [1.165, 1.54) is 29.1 Å². The number of benzene rings is 1. The molecule has 3 aromatic heterocycles. The van der Waals surface area contributed by atoms with Crippen molar-refractivity contribution in [3.63, 3.8) is 0 Å². The molecule has 5 rings (SSSR count). The molecule has 4 heterocycles. The zero-order valence-electron chi connectivity index (χ0n) is 19.5. The van der Waals surface area contributed by atoms with Crippen LogP contribution in [-0.4, -0.2) is 54.8 Å². The molecule has 1 amide bonds. The summed E-state index contributed by atoms with van der Waals surface area (Å²) in [5.41, 5.74) is -6.43. The number of imidazole rings is 1. The van der Waals surface area contributed by atoms with Gasteiger partial charge in [-0.1, -0.05) is 30.3 Å². The molecule has 0 unspecified atom stereocenters. The minimum absolute atomic E-state index is 0.0336. The van der Waals surface area contributed by atoms with Crippen LogP contribution in [0.2, 0.25) is 0 Å². The quantitative estimate of drug-likeness (QED) is 0.367. The summed E-state index contributed by atoms with van der Waals surface area (Å²) in [5.74, 6) is -0.798. The van der Waals surface area contributed by atoms with E-state index in [1.54, 1.807) is 24.3 Å². The topological polar surface area (TPSA) is 114 Å². The molecule has 0 saturated carbocycles. The fraction of sp³-hybridized carbons (Fsp3) is 0.273. The number of carbonyl (C=O) groups excluding carboxylic acids is 1. The van der Waals surface area contributed by atoms with E-state index in [1.807, 2.05) is 0 Å². The highest BCUT2D eigenvalue weighted by Crippen LogP contribution is 2.32. The molecule has 0 fully saturated rings. The second kappa shape index (κ2) is 9.33. The van der Waals surface area contributed by atoms with Gasteiger partial charge in [-0.3, -0.25) is 9.20 Å². The molecule has 17 heteroatoms. The highest BCUT2D eigenvalue weighted by Gasteiger charge is 2.50. The lowest BCUT2D eigenvalue weighted by atomic mass is 10.1. The lowest BCUT2D eigenvalue weighted by Gasteiger charge is -2.26. The number of pyridine rings is 1. The molecule has 10 nitrogen and oxygen atoms in total. The van der Waals surface area contributed by atoms with Crippen LogP contribution in [0.1, 0.15) is 27.6 Å². The summed E-state index contributed by atoms with van der Waals surface area (Å²) in [4.78, 5) is 20.4. The Morgan fingerprint density at radius 1 is 0.974 bits per heavy atom. The number of alkyl halides is 6.